The average Bonchev–Trinajstić information content (AvgIpc) is 3.14. The van der Waals surface area contributed by atoms with Crippen LogP contribution in [0.25, 0.3) is 27.4 Å². The van der Waals surface area contributed by atoms with E-state index >= 15 is 0 Å². The molecule has 240 valence electrons. The molecular weight excluding hydrogens is 780 g/mol. The average molecular weight is 805 g/mol. The number of hydrogen-bond acceptors (Lipinski definition) is 2. The Morgan fingerprint density at radius 3 is 1.80 bits per heavy atom. The Kier molecular flexibility index (Phi) is 10.5. The smallest absolute Gasteiger partial charge is 0.196 e. The lowest BCUT2D eigenvalue weighted by molar-refractivity contribution is 0.722. The minimum atomic E-state index is -1.05. The Balaban J connectivity index is 1.79. The number of hydrogen-bond donors (Lipinski definition) is 0. The number of allylic oxidation sites excluding steroid dienone is 2. The van der Waals surface area contributed by atoms with Gasteiger partial charge in [-0.3, -0.25) is 4.79 Å². The van der Waals surface area contributed by atoms with E-state index in [2.05, 4.69) is 44.4 Å². The molecule has 0 saturated heterocycles. The maximum absolute atomic E-state index is 14.4. The first-order chi connectivity index (χ1) is 25.1. The van der Waals surface area contributed by atoms with Crippen LogP contribution in [0.15, 0.2) is 31.5 Å². The molecule has 0 saturated carbocycles. The Morgan fingerprint density at radius 2 is 1.20 bits per heavy atom. The number of aromatic nitrogens is 1. The number of halogens is 2. The van der Waals surface area contributed by atoms with E-state index in [0.29, 0.717) is 59.0 Å². The van der Waals surface area contributed by atoms with Crippen molar-refractivity contribution in [2.24, 2.45) is 0 Å². The van der Waals surface area contributed by atoms with Crippen LogP contribution in [-0.4, -0.2) is 83.0 Å². The van der Waals surface area contributed by atoms with E-state index in [0.717, 1.165) is 27.8 Å². The second kappa shape index (κ2) is 14.1. The number of anilines is 2. The molecule has 54 heavy (non-hydrogen) atoms. The van der Waals surface area contributed by atoms with Crippen LogP contribution in [0.5, 0.6) is 0 Å². The molecule has 0 N–H and O–H groups in total. The predicted octanol–water partition coefficient (Wildman–Crippen LogP) is 0.0641. The van der Waals surface area contributed by atoms with E-state index < -0.39 is 11.2 Å². The zero-order chi connectivity index (χ0) is 40.3. The second-order valence-corrected chi connectivity index (χ2v) is 15.5. The van der Waals surface area contributed by atoms with Gasteiger partial charge >= 0.3 is 0 Å². The fourth-order valence-corrected chi connectivity index (χ4v) is 9.03. The molecule has 0 spiro atoms. The van der Waals surface area contributed by atoms with Crippen LogP contribution in [-0.2, 0) is 6.54 Å². The molecule has 0 amide bonds. The van der Waals surface area contributed by atoms with Crippen LogP contribution in [0.3, 0.4) is 0 Å². The molecule has 20 radical (unpaired) electrons. The van der Waals surface area contributed by atoms with Gasteiger partial charge in [0.15, 0.2) is 5.43 Å². The summed E-state index contributed by atoms with van der Waals surface area (Å²) in [5, 5.41) is 0.224. The third-order valence-electron chi connectivity index (χ3n) is 11.2. The van der Waals surface area contributed by atoms with Crippen molar-refractivity contribution in [3.05, 3.63) is 81.4 Å². The number of fused-ring (bicyclic) bond motifs is 4. The van der Waals surface area contributed by atoms with Crippen molar-refractivity contribution >= 4 is 193 Å². The second-order valence-electron chi connectivity index (χ2n) is 13.9. The minimum Gasteiger partial charge on any atom is -0.340 e. The number of terminal acetylenes is 1. The van der Waals surface area contributed by atoms with Crippen LogP contribution in [0, 0.1) is 53.9 Å². The van der Waals surface area contributed by atoms with Crippen molar-refractivity contribution in [2.75, 3.05) is 4.90 Å². The molecule has 0 bridgehead atoms. The fourth-order valence-electron chi connectivity index (χ4n) is 7.73. The molecule has 1 aromatic heterocycles. The van der Waals surface area contributed by atoms with E-state index in [4.69, 9.17) is 84.9 Å². The topological polar surface area (TPSA) is 25.2 Å². The van der Waals surface area contributed by atoms with Gasteiger partial charge in [0, 0.05) is 54.3 Å². The maximum atomic E-state index is 14.4. The highest BCUT2D eigenvalue weighted by atomic mass is 79.9. The molecule has 15 heteroatoms. The Bertz CT molecular complexity index is 2590. The van der Waals surface area contributed by atoms with E-state index in [9.17, 15) is 4.79 Å². The quantitative estimate of drug-likeness (QED) is 0.146. The molecule has 0 aliphatic carbocycles. The van der Waals surface area contributed by atoms with Crippen molar-refractivity contribution in [3.8, 4) is 12.3 Å². The van der Waals surface area contributed by atoms with Gasteiger partial charge in [-0.25, -0.2) is 0 Å². The summed E-state index contributed by atoms with van der Waals surface area (Å²) in [5.74, 6) is 1.56. The molecule has 6 rings (SSSR count). The predicted molar refractivity (Wildman–Crippen MR) is 247 cm³/mol. The zero-order valence-electron chi connectivity index (χ0n) is 30.9. The van der Waals surface area contributed by atoms with Gasteiger partial charge < -0.3 is 9.47 Å². The van der Waals surface area contributed by atoms with Crippen molar-refractivity contribution in [1.82, 2.24) is 4.57 Å². The molecule has 2 heterocycles. The lowest BCUT2D eigenvalue weighted by atomic mass is 9.65. The van der Waals surface area contributed by atoms with Crippen molar-refractivity contribution in [3.63, 3.8) is 0 Å². The first kappa shape index (κ1) is 40.5. The molecular formula is C39H24B10Br2N2O. The highest BCUT2D eigenvalue weighted by molar-refractivity contribution is 9.11. The number of nitrogens with zero attached hydrogens (tertiary/aromatic N) is 2. The molecule has 1 unspecified atom stereocenters. The Hall–Kier alpha value is -3.20. The van der Waals surface area contributed by atoms with Gasteiger partial charge in [-0.05, 0) is 113 Å². The third kappa shape index (κ3) is 5.47. The number of benzene rings is 4. The normalized spacial score (nSPS) is 13.5. The molecule has 1 atom stereocenters. The highest BCUT2D eigenvalue weighted by Crippen LogP contribution is 2.52. The standard InChI is InChI=1S/C39H24B10Br2N2O/c1-9-18(40)34(53-36-20(12(3)11(2)13(4)26(36)44)16(7)21-17(8)25(43)30(48)33(51)38(21)53)19(41)10-52-35-23(27(45)28(46)29(47)31(35)49)39(54)22-24(42)14(5)15(6)32(50)37(22)52/h1,19H,7,10H2,2-6,8H3/b34-18-. The first-order valence-electron chi connectivity index (χ1n) is 16.8. The SMILES string of the molecule is [B]/C(C#C)=C(/C([B])Cn1c2c([B])c([B])c([B])c([B])c2c(=O)c2c([B])c(C)c(C)c(Br)c21)N1c2c([B])c(C)c(C)c(C)c2C(=C)c2c(C)c([B])c([B])c(Br)c21. The van der Waals surface area contributed by atoms with Gasteiger partial charge in [0.05, 0.1) is 19.1 Å². The zero-order valence-corrected chi connectivity index (χ0v) is 34.1. The van der Waals surface area contributed by atoms with Crippen LogP contribution < -0.4 is 54.0 Å². The summed E-state index contributed by atoms with van der Waals surface area (Å²) in [6.07, 6.45) is 6.12. The lowest BCUT2D eigenvalue weighted by Gasteiger charge is -2.44. The van der Waals surface area contributed by atoms with E-state index in [1.54, 1.807) is 4.57 Å². The van der Waals surface area contributed by atoms with Gasteiger partial charge in [0.1, 0.15) is 70.6 Å². The molecule has 5 aromatic rings. The monoisotopic (exact) mass is 804 g/mol. The van der Waals surface area contributed by atoms with E-state index in [1.165, 1.54) is 0 Å². The molecule has 4 aromatic carbocycles. The van der Waals surface area contributed by atoms with Crippen LogP contribution in [0.4, 0.5) is 11.4 Å². The maximum Gasteiger partial charge on any atom is 0.196 e. The summed E-state index contributed by atoms with van der Waals surface area (Å²) >= 11 is 7.49. The summed E-state index contributed by atoms with van der Waals surface area (Å²) in [6.45, 7) is 16.0. The summed E-state index contributed by atoms with van der Waals surface area (Å²) in [5.41, 5.74) is 9.95. The molecule has 0 fully saturated rings. The van der Waals surface area contributed by atoms with Gasteiger partial charge in [-0.2, -0.15) is 0 Å². The van der Waals surface area contributed by atoms with Gasteiger partial charge in [0.25, 0.3) is 0 Å². The fraction of sp³-hybridized carbons (Fsp3) is 0.205. The van der Waals surface area contributed by atoms with Gasteiger partial charge in [0.2, 0.25) is 0 Å². The summed E-state index contributed by atoms with van der Waals surface area (Å²) < 4.78 is 2.79. The molecule has 3 nitrogen and oxygen atoms in total. The Labute approximate surface area is 347 Å². The van der Waals surface area contributed by atoms with Crippen molar-refractivity contribution in [1.29, 1.82) is 0 Å². The van der Waals surface area contributed by atoms with Crippen LogP contribution in [0.1, 0.15) is 44.5 Å². The molecule has 1 aliphatic heterocycles. The first-order valence-corrected chi connectivity index (χ1v) is 18.4. The largest absolute Gasteiger partial charge is 0.340 e. The minimum absolute atomic E-state index is 0.00125. The van der Waals surface area contributed by atoms with Gasteiger partial charge in [-0.15, -0.1) is 17.3 Å². The van der Waals surface area contributed by atoms with Crippen LogP contribution >= 0.6 is 31.9 Å². The summed E-state index contributed by atoms with van der Waals surface area (Å²) in [7, 11) is 67.1. The third-order valence-corrected chi connectivity index (χ3v) is 13.0. The summed E-state index contributed by atoms with van der Waals surface area (Å²) in [4.78, 5) is 16.3. The van der Waals surface area contributed by atoms with E-state index in [-0.39, 0.29) is 66.8 Å². The molecule has 1 aliphatic rings. The number of rotatable bonds is 4. The van der Waals surface area contributed by atoms with Crippen LogP contribution in [0.2, 0.25) is 5.82 Å². The highest BCUT2D eigenvalue weighted by Gasteiger charge is 2.37. The van der Waals surface area contributed by atoms with Crippen molar-refractivity contribution < 1.29 is 0 Å². The van der Waals surface area contributed by atoms with Gasteiger partial charge in [-0.1, -0.05) is 56.4 Å². The number of pyridine rings is 1. The lowest BCUT2D eigenvalue weighted by Crippen LogP contribution is -2.50. The van der Waals surface area contributed by atoms with E-state index in [1.807, 2.05) is 46.4 Å². The Morgan fingerprint density at radius 1 is 0.667 bits per heavy atom. The summed E-state index contributed by atoms with van der Waals surface area (Å²) in [6, 6.07) is 0. The van der Waals surface area contributed by atoms with Crippen molar-refractivity contribution in [2.45, 2.75) is 53.9 Å².